The maximum Gasteiger partial charge on any atom is 0.119 e. The summed E-state index contributed by atoms with van der Waals surface area (Å²) in [5.74, 6) is 0.864. The molecule has 0 aliphatic rings. The third-order valence-corrected chi connectivity index (χ3v) is 4.20. The van der Waals surface area contributed by atoms with Gasteiger partial charge in [0.15, 0.2) is 0 Å². The Labute approximate surface area is 130 Å². The van der Waals surface area contributed by atoms with Gasteiger partial charge in [0, 0.05) is 18.0 Å². The van der Waals surface area contributed by atoms with Gasteiger partial charge in [-0.2, -0.15) is 5.26 Å². The molecule has 1 aromatic heterocycles. The minimum absolute atomic E-state index is 0.450. The fourth-order valence-corrected chi connectivity index (χ4v) is 2.68. The molecule has 0 N–H and O–H groups in total. The zero-order valence-corrected chi connectivity index (χ0v) is 13.1. The van der Waals surface area contributed by atoms with Crippen LogP contribution in [0, 0.1) is 11.3 Å². The third kappa shape index (κ3) is 5.58. The van der Waals surface area contributed by atoms with Crippen LogP contribution in [-0.2, 0) is 12.8 Å². The topological polar surface area (TPSA) is 36.3 Å². The lowest BCUT2D eigenvalue weighted by molar-refractivity contribution is 0.239. The summed E-state index contributed by atoms with van der Waals surface area (Å²) in [5, 5.41) is 10.7. The summed E-state index contributed by atoms with van der Waals surface area (Å²) < 4.78 is 5.72. The van der Waals surface area contributed by atoms with E-state index >= 15 is 0 Å². The summed E-state index contributed by atoms with van der Waals surface area (Å²) in [6.45, 7) is 2.63. The second kappa shape index (κ2) is 8.46. The van der Waals surface area contributed by atoms with E-state index in [9.17, 15) is 0 Å². The second-order valence-corrected chi connectivity index (χ2v) is 5.99. The number of nitrogens with zero attached hydrogens (tertiary/aromatic N) is 2. The summed E-state index contributed by atoms with van der Waals surface area (Å²) in [6, 6.07) is 14.2. The smallest absolute Gasteiger partial charge is 0.119 e. The Hall–Kier alpha value is -1.83. The summed E-state index contributed by atoms with van der Waals surface area (Å²) in [4.78, 5) is 3.71. The zero-order chi connectivity index (χ0) is 14.9. The summed E-state index contributed by atoms with van der Waals surface area (Å²) in [5.41, 5.74) is 1.03. The Morgan fingerprint density at radius 3 is 2.67 bits per heavy atom. The van der Waals surface area contributed by atoms with Crippen LogP contribution in [0.2, 0.25) is 0 Å². The van der Waals surface area contributed by atoms with Crippen molar-refractivity contribution in [3.63, 3.8) is 0 Å². The van der Waals surface area contributed by atoms with Crippen molar-refractivity contribution < 1.29 is 4.74 Å². The molecule has 0 saturated carbocycles. The largest absolute Gasteiger partial charge is 0.492 e. The van der Waals surface area contributed by atoms with Gasteiger partial charge >= 0.3 is 0 Å². The first-order chi connectivity index (χ1) is 10.3. The molecule has 0 atom stereocenters. The Kier molecular flexibility index (Phi) is 6.26. The Balaban J connectivity index is 1.65. The first kappa shape index (κ1) is 15.6. The van der Waals surface area contributed by atoms with Gasteiger partial charge in [0.2, 0.25) is 0 Å². The standard InChI is InChI=1S/C17H20N2OS/c1-19(11-9-17-3-2-14-21-17)12-13-20-16-6-4-15(5-7-16)8-10-18/h2-7,14H,8-9,11-13H2,1H3. The van der Waals surface area contributed by atoms with Crippen LogP contribution in [-0.4, -0.2) is 31.6 Å². The molecule has 1 aromatic carbocycles. The summed E-state index contributed by atoms with van der Waals surface area (Å²) >= 11 is 1.81. The molecular weight excluding hydrogens is 280 g/mol. The summed E-state index contributed by atoms with van der Waals surface area (Å²) in [7, 11) is 2.12. The van der Waals surface area contributed by atoms with E-state index < -0.39 is 0 Å². The lowest BCUT2D eigenvalue weighted by atomic mass is 10.2. The second-order valence-electron chi connectivity index (χ2n) is 4.96. The first-order valence-electron chi connectivity index (χ1n) is 7.07. The van der Waals surface area contributed by atoms with Crippen molar-refractivity contribution in [2.75, 3.05) is 26.7 Å². The predicted octanol–water partition coefficient (Wildman–Crippen LogP) is 3.37. The number of likely N-dealkylation sites (N-methyl/N-ethyl adjacent to an activating group) is 1. The van der Waals surface area contributed by atoms with Gasteiger partial charge in [0.05, 0.1) is 12.5 Å². The van der Waals surface area contributed by atoms with E-state index in [0.717, 1.165) is 30.8 Å². The van der Waals surface area contributed by atoms with Crippen molar-refractivity contribution in [1.29, 1.82) is 5.26 Å². The minimum atomic E-state index is 0.450. The molecule has 2 rings (SSSR count). The molecule has 0 aliphatic heterocycles. The maximum absolute atomic E-state index is 8.62. The maximum atomic E-state index is 8.62. The van der Waals surface area contributed by atoms with E-state index in [-0.39, 0.29) is 0 Å². The molecule has 2 aromatic rings. The molecule has 0 unspecified atom stereocenters. The van der Waals surface area contributed by atoms with E-state index in [0.29, 0.717) is 13.0 Å². The Morgan fingerprint density at radius 1 is 1.19 bits per heavy atom. The van der Waals surface area contributed by atoms with Crippen molar-refractivity contribution in [1.82, 2.24) is 4.90 Å². The number of nitriles is 1. The highest BCUT2D eigenvalue weighted by Crippen LogP contribution is 2.12. The van der Waals surface area contributed by atoms with E-state index in [2.05, 4.69) is 35.5 Å². The lowest BCUT2D eigenvalue weighted by Crippen LogP contribution is -2.26. The van der Waals surface area contributed by atoms with Crippen LogP contribution in [0.1, 0.15) is 10.4 Å². The highest BCUT2D eigenvalue weighted by molar-refractivity contribution is 7.09. The van der Waals surface area contributed by atoms with Crippen molar-refractivity contribution in [2.24, 2.45) is 0 Å². The van der Waals surface area contributed by atoms with Crippen LogP contribution < -0.4 is 4.74 Å². The average molecular weight is 300 g/mol. The molecule has 110 valence electrons. The van der Waals surface area contributed by atoms with E-state index in [1.54, 1.807) is 0 Å². The van der Waals surface area contributed by atoms with Gasteiger partial charge in [-0.25, -0.2) is 0 Å². The van der Waals surface area contributed by atoms with E-state index in [4.69, 9.17) is 10.00 Å². The molecule has 21 heavy (non-hydrogen) atoms. The molecule has 0 amide bonds. The van der Waals surface area contributed by atoms with Crippen molar-refractivity contribution in [3.8, 4) is 11.8 Å². The average Bonchev–Trinajstić information content (AvgIpc) is 3.01. The van der Waals surface area contributed by atoms with Gasteiger partial charge in [-0.15, -0.1) is 11.3 Å². The summed E-state index contributed by atoms with van der Waals surface area (Å²) in [6.07, 6.45) is 1.54. The van der Waals surface area contributed by atoms with Crippen LogP contribution in [0.3, 0.4) is 0 Å². The molecule has 0 aliphatic carbocycles. The van der Waals surface area contributed by atoms with Gasteiger partial charge in [0.25, 0.3) is 0 Å². The Morgan fingerprint density at radius 2 is 2.00 bits per heavy atom. The highest BCUT2D eigenvalue weighted by Gasteiger charge is 2.01. The van der Waals surface area contributed by atoms with Gasteiger partial charge in [-0.05, 0) is 42.6 Å². The van der Waals surface area contributed by atoms with Gasteiger partial charge in [0.1, 0.15) is 12.4 Å². The molecular formula is C17H20N2OS. The van der Waals surface area contributed by atoms with Crippen LogP contribution in [0.4, 0.5) is 0 Å². The molecule has 0 bridgehead atoms. The molecule has 0 saturated heterocycles. The minimum Gasteiger partial charge on any atom is -0.492 e. The van der Waals surface area contributed by atoms with Gasteiger partial charge in [-0.1, -0.05) is 18.2 Å². The van der Waals surface area contributed by atoms with Crippen molar-refractivity contribution in [3.05, 3.63) is 52.2 Å². The molecule has 0 radical (unpaired) electrons. The van der Waals surface area contributed by atoms with Gasteiger partial charge in [-0.3, -0.25) is 0 Å². The SMILES string of the molecule is CN(CCOc1ccc(CC#N)cc1)CCc1cccs1. The molecule has 0 fully saturated rings. The number of ether oxygens (including phenoxy) is 1. The van der Waals surface area contributed by atoms with Crippen molar-refractivity contribution >= 4 is 11.3 Å². The number of hydrogen-bond donors (Lipinski definition) is 0. The quantitative estimate of drug-likeness (QED) is 0.750. The zero-order valence-electron chi connectivity index (χ0n) is 12.3. The van der Waals surface area contributed by atoms with E-state index in [1.807, 2.05) is 35.6 Å². The van der Waals surface area contributed by atoms with E-state index in [1.165, 1.54) is 4.88 Å². The number of benzene rings is 1. The van der Waals surface area contributed by atoms with Crippen LogP contribution in [0.25, 0.3) is 0 Å². The fraction of sp³-hybridized carbons (Fsp3) is 0.353. The number of thiophene rings is 1. The predicted molar refractivity (Wildman–Crippen MR) is 86.8 cm³/mol. The molecule has 1 heterocycles. The molecule has 3 nitrogen and oxygen atoms in total. The van der Waals surface area contributed by atoms with Crippen LogP contribution in [0.5, 0.6) is 5.75 Å². The third-order valence-electron chi connectivity index (χ3n) is 3.27. The van der Waals surface area contributed by atoms with Crippen LogP contribution in [0.15, 0.2) is 41.8 Å². The number of rotatable bonds is 8. The molecule has 0 spiro atoms. The highest BCUT2D eigenvalue weighted by atomic mass is 32.1. The fourth-order valence-electron chi connectivity index (χ4n) is 1.98. The van der Waals surface area contributed by atoms with Crippen molar-refractivity contribution in [2.45, 2.75) is 12.8 Å². The molecule has 4 heteroatoms. The number of hydrogen-bond acceptors (Lipinski definition) is 4. The first-order valence-corrected chi connectivity index (χ1v) is 7.95. The normalized spacial score (nSPS) is 10.5. The van der Waals surface area contributed by atoms with Crippen LogP contribution >= 0.6 is 11.3 Å². The monoisotopic (exact) mass is 300 g/mol. The Bertz CT molecular complexity index is 557. The van der Waals surface area contributed by atoms with Gasteiger partial charge < -0.3 is 9.64 Å². The lowest BCUT2D eigenvalue weighted by Gasteiger charge is -2.16.